The lowest BCUT2D eigenvalue weighted by Crippen LogP contribution is -2.24. The Balaban J connectivity index is 1.76. The van der Waals surface area contributed by atoms with Crippen LogP contribution in [0.1, 0.15) is 38.2 Å². The molecule has 0 radical (unpaired) electrons. The van der Waals surface area contributed by atoms with Crippen LogP contribution in [0.5, 0.6) is 0 Å². The summed E-state index contributed by atoms with van der Waals surface area (Å²) in [6, 6.07) is 6.08. The summed E-state index contributed by atoms with van der Waals surface area (Å²) in [5, 5.41) is 2.96. The lowest BCUT2D eigenvalue weighted by molar-refractivity contribution is -0.121. The smallest absolute Gasteiger partial charge is 0.220 e. The number of nitrogens with zero attached hydrogens (tertiary/aromatic N) is 1. The summed E-state index contributed by atoms with van der Waals surface area (Å²) in [5.41, 5.74) is 3.16. The predicted octanol–water partition coefficient (Wildman–Crippen LogP) is 2.80. The number of nitrogens with one attached hydrogen (secondary N) is 2. The van der Waals surface area contributed by atoms with Crippen molar-refractivity contribution in [2.75, 3.05) is 6.54 Å². The minimum Gasteiger partial charge on any atom is -0.356 e. The number of rotatable bonds is 7. The molecule has 0 aliphatic heterocycles. The molecule has 0 aliphatic rings. The van der Waals surface area contributed by atoms with Crippen molar-refractivity contribution in [3.63, 3.8) is 0 Å². The first-order chi connectivity index (χ1) is 9.29. The first kappa shape index (κ1) is 13.6. The summed E-state index contributed by atoms with van der Waals surface area (Å²) >= 11 is 0. The van der Waals surface area contributed by atoms with E-state index in [1.54, 1.807) is 6.33 Å². The fourth-order valence-corrected chi connectivity index (χ4v) is 2.09. The Hall–Kier alpha value is -1.84. The number of H-pyrrole nitrogens is 1. The highest BCUT2D eigenvalue weighted by Crippen LogP contribution is 2.12. The van der Waals surface area contributed by atoms with Gasteiger partial charge in [-0.2, -0.15) is 0 Å². The molecule has 0 fully saturated rings. The first-order valence-electron chi connectivity index (χ1n) is 6.98. The summed E-state index contributed by atoms with van der Waals surface area (Å²) in [5.74, 6) is 0.140. The summed E-state index contributed by atoms with van der Waals surface area (Å²) in [7, 11) is 0. The number of hydrogen-bond acceptors (Lipinski definition) is 2. The third-order valence-electron chi connectivity index (χ3n) is 3.23. The monoisotopic (exact) mass is 259 g/mol. The van der Waals surface area contributed by atoms with Gasteiger partial charge in [-0.25, -0.2) is 4.98 Å². The third kappa shape index (κ3) is 4.09. The third-order valence-corrected chi connectivity index (χ3v) is 3.23. The second-order valence-electron chi connectivity index (χ2n) is 4.81. The number of aromatic amines is 1. The Morgan fingerprint density at radius 3 is 3.11 bits per heavy atom. The molecular formula is C15H21N3O. The number of aryl methyl sites for hydroxylation is 1. The molecule has 0 saturated heterocycles. The Morgan fingerprint density at radius 2 is 2.26 bits per heavy atom. The maximum Gasteiger partial charge on any atom is 0.220 e. The molecule has 1 aromatic heterocycles. The largest absolute Gasteiger partial charge is 0.356 e. The number of hydrogen-bond donors (Lipinski definition) is 2. The Morgan fingerprint density at radius 1 is 1.37 bits per heavy atom. The molecule has 1 amide bonds. The van der Waals surface area contributed by atoms with E-state index in [0.29, 0.717) is 6.42 Å². The number of aromatic nitrogens is 2. The van der Waals surface area contributed by atoms with Crippen LogP contribution in [0.2, 0.25) is 0 Å². The summed E-state index contributed by atoms with van der Waals surface area (Å²) in [6.07, 6.45) is 6.44. The molecule has 4 nitrogen and oxygen atoms in total. The maximum absolute atomic E-state index is 11.7. The van der Waals surface area contributed by atoms with Gasteiger partial charge < -0.3 is 10.3 Å². The number of benzene rings is 1. The molecule has 2 aromatic rings. The molecule has 0 spiro atoms. The van der Waals surface area contributed by atoms with Gasteiger partial charge in [0.25, 0.3) is 0 Å². The molecule has 0 unspecified atom stereocenters. The number of amides is 1. The predicted molar refractivity (Wildman–Crippen MR) is 76.9 cm³/mol. The zero-order valence-electron chi connectivity index (χ0n) is 11.4. The van der Waals surface area contributed by atoms with Crippen LogP contribution in [0.4, 0.5) is 0 Å². The van der Waals surface area contributed by atoms with Gasteiger partial charge in [0, 0.05) is 13.0 Å². The second-order valence-corrected chi connectivity index (χ2v) is 4.81. The quantitative estimate of drug-likeness (QED) is 0.751. The van der Waals surface area contributed by atoms with E-state index in [-0.39, 0.29) is 5.91 Å². The van der Waals surface area contributed by atoms with Crippen LogP contribution < -0.4 is 5.32 Å². The summed E-state index contributed by atoms with van der Waals surface area (Å²) in [6.45, 7) is 2.96. The fourth-order valence-electron chi connectivity index (χ4n) is 2.09. The molecule has 0 atom stereocenters. The minimum absolute atomic E-state index is 0.140. The van der Waals surface area contributed by atoms with Crippen molar-refractivity contribution in [3.8, 4) is 0 Å². The van der Waals surface area contributed by atoms with E-state index >= 15 is 0 Å². The molecule has 0 aliphatic carbocycles. The number of carbonyl (C=O) groups is 1. The van der Waals surface area contributed by atoms with Crippen LogP contribution in [0.15, 0.2) is 24.5 Å². The van der Waals surface area contributed by atoms with E-state index in [2.05, 4.69) is 28.3 Å². The molecule has 2 rings (SSSR count). The van der Waals surface area contributed by atoms with E-state index in [1.165, 1.54) is 18.4 Å². The van der Waals surface area contributed by atoms with Gasteiger partial charge in [0.1, 0.15) is 0 Å². The van der Waals surface area contributed by atoms with Crippen molar-refractivity contribution in [3.05, 3.63) is 30.1 Å². The second kappa shape index (κ2) is 6.92. The van der Waals surface area contributed by atoms with E-state index < -0.39 is 0 Å². The number of imidazole rings is 1. The van der Waals surface area contributed by atoms with Crippen LogP contribution in [0, 0.1) is 0 Å². The van der Waals surface area contributed by atoms with Gasteiger partial charge in [-0.3, -0.25) is 4.79 Å². The minimum atomic E-state index is 0.140. The number of unbranched alkanes of at least 4 members (excludes halogenated alkanes) is 2. The Labute approximate surface area is 113 Å². The summed E-state index contributed by atoms with van der Waals surface area (Å²) in [4.78, 5) is 18.9. The standard InChI is InChI=1S/C15H21N3O/c1-2-3-4-9-16-15(19)8-6-12-5-7-13-14(10-12)18-11-17-13/h5,7,10-11H,2-4,6,8-9H2,1H3,(H,16,19)(H,17,18). The van der Waals surface area contributed by atoms with Crippen molar-refractivity contribution >= 4 is 16.9 Å². The van der Waals surface area contributed by atoms with E-state index in [0.717, 1.165) is 30.4 Å². The van der Waals surface area contributed by atoms with Crippen LogP contribution in [0.25, 0.3) is 11.0 Å². The fraction of sp³-hybridized carbons (Fsp3) is 0.467. The average molecular weight is 259 g/mol. The topological polar surface area (TPSA) is 57.8 Å². The van der Waals surface area contributed by atoms with Gasteiger partial charge >= 0.3 is 0 Å². The van der Waals surface area contributed by atoms with Gasteiger partial charge in [0.05, 0.1) is 17.4 Å². The maximum atomic E-state index is 11.7. The van der Waals surface area contributed by atoms with Gasteiger partial charge in [0.15, 0.2) is 0 Å². The number of fused-ring (bicyclic) bond motifs is 1. The van der Waals surface area contributed by atoms with Crippen molar-refractivity contribution in [1.82, 2.24) is 15.3 Å². The van der Waals surface area contributed by atoms with Crippen molar-refractivity contribution in [2.45, 2.75) is 39.0 Å². The van der Waals surface area contributed by atoms with E-state index in [9.17, 15) is 4.79 Å². The van der Waals surface area contributed by atoms with Crippen molar-refractivity contribution < 1.29 is 4.79 Å². The molecule has 2 N–H and O–H groups in total. The highest BCUT2D eigenvalue weighted by Gasteiger charge is 2.03. The van der Waals surface area contributed by atoms with E-state index in [1.807, 2.05) is 12.1 Å². The summed E-state index contributed by atoms with van der Waals surface area (Å²) < 4.78 is 0. The van der Waals surface area contributed by atoms with Gasteiger partial charge in [-0.1, -0.05) is 25.8 Å². The molecule has 19 heavy (non-hydrogen) atoms. The zero-order chi connectivity index (χ0) is 13.5. The number of carbonyl (C=O) groups excluding carboxylic acids is 1. The lowest BCUT2D eigenvalue weighted by atomic mass is 10.1. The van der Waals surface area contributed by atoms with Crippen LogP contribution in [0.3, 0.4) is 0 Å². The Kier molecular flexibility index (Phi) is 4.95. The van der Waals surface area contributed by atoms with Gasteiger partial charge in [0.2, 0.25) is 5.91 Å². The molecular weight excluding hydrogens is 238 g/mol. The molecule has 0 bridgehead atoms. The molecule has 0 saturated carbocycles. The Bertz CT molecular complexity index is 533. The van der Waals surface area contributed by atoms with Crippen molar-refractivity contribution in [2.24, 2.45) is 0 Å². The molecule has 1 heterocycles. The SMILES string of the molecule is CCCCCNC(=O)CCc1ccc2nc[nH]c2c1. The molecule has 102 valence electrons. The van der Waals surface area contributed by atoms with Crippen LogP contribution in [-0.2, 0) is 11.2 Å². The van der Waals surface area contributed by atoms with Crippen LogP contribution in [-0.4, -0.2) is 22.4 Å². The van der Waals surface area contributed by atoms with E-state index in [4.69, 9.17) is 0 Å². The molecule has 1 aromatic carbocycles. The van der Waals surface area contributed by atoms with Crippen molar-refractivity contribution in [1.29, 1.82) is 0 Å². The van der Waals surface area contributed by atoms with Gasteiger partial charge in [-0.15, -0.1) is 0 Å². The molecule has 4 heteroatoms. The normalized spacial score (nSPS) is 10.8. The van der Waals surface area contributed by atoms with Crippen LogP contribution >= 0.6 is 0 Å². The highest BCUT2D eigenvalue weighted by atomic mass is 16.1. The average Bonchev–Trinajstić information content (AvgIpc) is 2.89. The highest BCUT2D eigenvalue weighted by molar-refractivity contribution is 5.77. The lowest BCUT2D eigenvalue weighted by Gasteiger charge is -2.05. The zero-order valence-corrected chi connectivity index (χ0v) is 11.4. The van der Waals surface area contributed by atoms with Gasteiger partial charge in [-0.05, 0) is 30.5 Å². The first-order valence-corrected chi connectivity index (χ1v) is 6.98.